The van der Waals surface area contributed by atoms with E-state index in [0.29, 0.717) is 0 Å². The molecule has 0 fully saturated rings. The van der Waals surface area contributed by atoms with E-state index in [0.717, 1.165) is 0 Å². The molecule has 0 bridgehead atoms. The van der Waals surface area contributed by atoms with E-state index in [1.165, 1.54) is 166 Å². The Kier molecular flexibility index (Phi) is 10.7. The molecule has 1 heteroatoms. The molecule has 1 heterocycles. The summed E-state index contributed by atoms with van der Waals surface area (Å²) in [5.74, 6) is 0. The van der Waals surface area contributed by atoms with E-state index in [9.17, 15) is 0 Å². The fourth-order valence-electron chi connectivity index (χ4n) is 15.6. The summed E-state index contributed by atoms with van der Waals surface area (Å²) in [5, 5.41) is 7.79. The second-order valence-electron chi connectivity index (χ2n) is 24.0. The smallest absolute Gasteiger partial charge is 0.0714 e. The molecule has 0 amide bonds. The zero-order chi connectivity index (χ0) is 55.3. The first-order valence-corrected chi connectivity index (χ1v) is 29.2. The number of fused-ring (bicyclic) bond motifs is 16. The normalized spacial score (nSPS) is 14.5. The van der Waals surface area contributed by atoms with E-state index in [-0.39, 0.29) is 10.8 Å². The molecular weight excluding hydrogens is 975 g/mol. The molecule has 0 unspecified atom stereocenters. The third-order valence-corrected chi connectivity index (χ3v) is 19.4. The van der Waals surface area contributed by atoms with Crippen molar-refractivity contribution >= 4 is 43.4 Å². The van der Waals surface area contributed by atoms with Crippen LogP contribution in [0.25, 0.3) is 110 Å². The molecule has 13 aromatic rings. The van der Waals surface area contributed by atoms with Crippen molar-refractivity contribution in [3.8, 4) is 66.8 Å². The highest BCUT2D eigenvalue weighted by Gasteiger charge is 2.51. The quantitative estimate of drug-likeness (QED) is 0.162. The van der Waals surface area contributed by atoms with E-state index in [1.54, 1.807) is 0 Å². The van der Waals surface area contributed by atoms with Crippen LogP contribution in [-0.4, -0.2) is 4.57 Å². The van der Waals surface area contributed by atoms with Crippen LogP contribution in [0.2, 0.25) is 0 Å². The monoisotopic (exact) mass is 1040 g/mol. The van der Waals surface area contributed by atoms with Crippen LogP contribution in [-0.2, 0) is 23.3 Å². The lowest BCUT2D eigenvalue weighted by Gasteiger charge is -2.34. The standard InChI is InChI=1S/C78H59N.C2H6/c1-46-24-14-15-30-50(46)72-47(2)25-22-36-55(72)58-40-68-73(53-33-18-16-31-51(53)58)62-44-66-60(42-64(62)76(68,3)4)61-43-65-63(45-67(61)78(66,48-26-10-8-11-27-48)49-28-12-9-13-29-49)74-54-34-19-17-32-52(54)59(41-69(74)77(65,5)6)56-37-23-39-71-75(56)57-35-20-21-38-70(57)79(71)7;1-2/h8-45H,1-7H3;1-2H3. The van der Waals surface area contributed by atoms with Gasteiger partial charge in [0.1, 0.15) is 0 Å². The van der Waals surface area contributed by atoms with Gasteiger partial charge in [-0.05, 0) is 206 Å². The summed E-state index contributed by atoms with van der Waals surface area (Å²) < 4.78 is 2.36. The van der Waals surface area contributed by atoms with Crippen LogP contribution in [0.4, 0.5) is 0 Å². The molecule has 0 spiro atoms. The first-order chi connectivity index (χ1) is 39.5. The summed E-state index contributed by atoms with van der Waals surface area (Å²) in [4.78, 5) is 0. The van der Waals surface area contributed by atoms with Gasteiger partial charge in [-0.15, -0.1) is 0 Å². The molecule has 0 N–H and O–H groups in total. The van der Waals surface area contributed by atoms with Gasteiger partial charge in [0.25, 0.3) is 0 Å². The van der Waals surface area contributed by atoms with Crippen LogP contribution in [0.3, 0.4) is 0 Å². The Balaban J connectivity index is 0.00000279. The van der Waals surface area contributed by atoms with E-state index in [1.807, 2.05) is 13.8 Å². The minimum absolute atomic E-state index is 0.301. The largest absolute Gasteiger partial charge is 0.344 e. The maximum absolute atomic E-state index is 2.65. The van der Waals surface area contributed by atoms with Gasteiger partial charge >= 0.3 is 0 Å². The molecule has 12 aromatic carbocycles. The number of hydrogen-bond acceptors (Lipinski definition) is 0. The van der Waals surface area contributed by atoms with E-state index in [2.05, 4.69) is 284 Å². The Morgan fingerprint density at radius 2 is 0.679 bits per heavy atom. The second kappa shape index (κ2) is 17.7. The molecule has 0 radical (unpaired) electrons. The predicted octanol–water partition coefficient (Wildman–Crippen LogP) is 21.3. The molecule has 1 nitrogen and oxygen atoms in total. The lowest BCUT2D eigenvalue weighted by Crippen LogP contribution is -2.29. The second-order valence-corrected chi connectivity index (χ2v) is 24.0. The minimum atomic E-state index is -0.615. The average Bonchev–Trinajstić information content (AvgIpc) is 3.96. The van der Waals surface area contributed by atoms with Crippen LogP contribution < -0.4 is 0 Å². The Bertz CT molecular complexity index is 4750. The summed E-state index contributed by atoms with van der Waals surface area (Å²) in [6.45, 7) is 18.4. The summed E-state index contributed by atoms with van der Waals surface area (Å²) >= 11 is 0. The number of hydrogen-bond donors (Lipinski definition) is 0. The van der Waals surface area contributed by atoms with E-state index < -0.39 is 5.41 Å². The highest BCUT2D eigenvalue weighted by molar-refractivity contribution is 6.19. The van der Waals surface area contributed by atoms with Crippen molar-refractivity contribution < 1.29 is 0 Å². The lowest BCUT2D eigenvalue weighted by molar-refractivity contribution is 0.660. The van der Waals surface area contributed by atoms with Gasteiger partial charge in [0.05, 0.1) is 5.41 Å². The van der Waals surface area contributed by atoms with Gasteiger partial charge in [-0.3, -0.25) is 0 Å². The van der Waals surface area contributed by atoms with Crippen molar-refractivity contribution in [2.24, 2.45) is 7.05 Å². The minimum Gasteiger partial charge on any atom is -0.344 e. The van der Waals surface area contributed by atoms with E-state index >= 15 is 0 Å². The molecule has 0 aliphatic heterocycles. The van der Waals surface area contributed by atoms with Crippen LogP contribution >= 0.6 is 0 Å². The van der Waals surface area contributed by atoms with Crippen LogP contribution in [0.15, 0.2) is 231 Å². The topological polar surface area (TPSA) is 4.93 Å². The third kappa shape index (κ3) is 6.55. The summed E-state index contributed by atoms with van der Waals surface area (Å²) in [6.07, 6.45) is 0. The molecule has 16 rings (SSSR count). The maximum Gasteiger partial charge on any atom is 0.0714 e. The predicted molar refractivity (Wildman–Crippen MR) is 345 cm³/mol. The highest BCUT2D eigenvalue weighted by Crippen LogP contribution is 2.64. The lowest BCUT2D eigenvalue weighted by atomic mass is 9.67. The van der Waals surface area contributed by atoms with Crippen molar-refractivity contribution in [2.45, 2.75) is 71.6 Å². The molecule has 3 aliphatic rings. The van der Waals surface area contributed by atoms with Gasteiger partial charge in [-0.2, -0.15) is 0 Å². The highest BCUT2D eigenvalue weighted by atomic mass is 14.9. The number of aryl methyl sites for hydroxylation is 3. The third-order valence-electron chi connectivity index (χ3n) is 19.4. The Labute approximate surface area is 476 Å². The van der Waals surface area contributed by atoms with Gasteiger partial charge in [-0.25, -0.2) is 0 Å². The first-order valence-electron chi connectivity index (χ1n) is 29.2. The van der Waals surface area contributed by atoms with Crippen molar-refractivity contribution in [2.75, 3.05) is 0 Å². The average molecular weight is 1040 g/mol. The molecular formula is C80H65N. The van der Waals surface area contributed by atoms with Gasteiger partial charge in [0.15, 0.2) is 0 Å². The maximum atomic E-state index is 2.65. The van der Waals surface area contributed by atoms with Crippen molar-refractivity contribution in [1.82, 2.24) is 4.57 Å². The number of aromatic nitrogens is 1. The molecule has 0 saturated heterocycles. The Hall–Kier alpha value is -9.04. The van der Waals surface area contributed by atoms with Crippen LogP contribution in [0.5, 0.6) is 0 Å². The van der Waals surface area contributed by atoms with Crippen molar-refractivity contribution in [3.05, 3.63) is 286 Å². The van der Waals surface area contributed by atoms with Crippen molar-refractivity contribution in [3.63, 3.8) is 0 Å². The fourth-order valence-corrected chi connectivity index (χ4v) is 15.6. The molecule has 81 heavy (non-hydrogen) atoms. The number of para-hydroxylation sites is 1. The SMILES string of the molecule is CC.Cc1ccccc1-c1c(C)cccc1-c1cc2c(c3ccccc13)-c1cc3c(cc1C2(C)C)-c1cc2c(cc1C3(c1ccccc1)c1ccccc1)-c1c(cc(-c3cccc4c3c3ccccc3n4C)c3ccccc13)C2(C)C. The van der Waals surface area contributed by atoms with Crippen molar-refractivity contribution in [1.29, 1.82) is 0 Å². The summed E-state index contributed by atoms with van der Waals surface area (Å²) in [5.41, 5.74) is 30.5. The summed E-state index contributed by atoms with van der Waals surface area (Å²) in [7, 11) is 2.21. The van der Waals surface area contributed by atoms with Gasteiger partial charge < -0.3 is 4.57 Å². The summed E-state index contributed by atoms with van der Waals surface area (Å²) in [6, 6.07) is 88.5. The van der Waals surface area contributed by atoms with Crippen LogP contribution in [0, 0.1) is 13.8 Å². The molecule has 390 valence electrons. The fraction of sp³-hybridized carbons (Fsp3) is 0.150. The number of benzene rings is 12. The Morgan fingerprint density at radius 3 is 1.23 bits per heavy atom. The first kappa shape index (κ1) is 49.0. The van der Waals surface area contributed by atoms with Gasteiger partial charge in [0.2, 0.25) is 0 Å². The zero-order valence-electron chi connectivity index (χ0n) is 47.9. The molecule has 1 aromatic heterocycles. The number of rotatable bonds is 5. The Morgan fingerprint density at radius 1 is 0.284 bits per heavy atom. The van der Waals surface area contributed by atoms with Crippen LogP contribution in [0.1, 0.15) is 97.2 Å². The number of nitrogens with zero attached hydrogens (tertiary/aromatic N) is 1. The van der Waals surface area contributed by atoms with E-state index in [4.69, 9.17) is 0 Å². The molecule has 3 aliphatic carbocycles. The molecule has 0 saturated carbocycles. The molecule has 0 atom stereocenters. The van der Waals surface area contributed by atoms with Gasteiger partial charge in [0, 0.05) is 39.7 Å². The van der Waals surface area contributed by atoms with Gasteiger partial charge in [-0.1, -0.05) is 224 Å². The zero-order valence-corrected chi connectivity index (χ0v) is 47.9.